The van der Waals surface area contributed by atoms with Gasteiger partial charge in [-0.15, -0.1) is 0 Å². The Labute approximate surface area is 202 Å². The third-order valence-electron chi connectivity index (χ3n) is 5.62. The molecular weight excluding hydrogens is 487 g/mol. The second kappa shape index (κ2) is 10.3. The summed E-state index contributed by atoms with van der Waals surface area (Å²) in [6, 6.07) is 7.90. The lowest BCUT2D eigenvalue weighted by atomic mass is 10.00. The number of amides is 1. The van der Waals surface area contributed by atoms with E-state index in [1.54, 1.807) is 19.9 Å². The molecule has 1 heterocycles. The highest BCUT2D eigenvalue weighted by atomic mass is 19.4. The maximum Gasteiger partial charge on any atom is 0.416 e. The zero-order valence-electron chi connectivity index (χ0n) is 19.5. The number of carbonyl (C=O) groups is 2. The standard InChI is InChI=1S/C24H23F5N4O3/c1-12-10-15(6-9-17(12)23(35)36)13(2)31-22(34)19-18(32-33(30-3)20(19)21(25)26)11-14-4-7-16(8-5-14)24(27,28)29/h4-10,13,21,30H,11H2,1-3H3,(H,31,34)(H,35,36). The Balaban J connectivity index is 1.94. The van der Waals surface area contributed by atoms with E-state index in [0.29, 0.717) is 16.7 Å². The van der Waals surface area contributed by atoms with Gasteiger partial charge in [-0.05, 0) is 48.7 Å². The average molecular weight is 510 g/mol. The largest absolute Gasteiger partial charge is 0.478 e. The summed E-state index contributed by atoms with van der Waals surface area (Å²) in [4.78, 5) is 25.2. The van der Waals surface area contributed by atoms with Gasteiger partial charge in [-0.3, -0.25) is 4.79 Å². The van der Waals surface area contributed by atoms with Crippen molar-refractivity contribution < 1.29 is 36.6 Å². The SMILES string of the molecule is CNn1nc(Cc2ccc(C(F)(F)F)cc2)c(C(=O)NC(C)c2ccc(C(=O)O)c(C)c2)c1C(F)F. The average Bonchev–Trinajstić information content (AvgIpc) is 3.17. The maximum absolute atomic E-state index is 13.9. The minimum Gasteiger partial charge on any atom is -0.478 e. The normalized spacial score (nSPS) is 12.5. The Morgan fingerprint density at radius 3 is 2.25 bits per heavy atom. The predicted molar refractivity (Wildman–Crippen MR) is 121 cm³/mol. The van der Waals surface area contributed by atoms with Gasteiger partial charge in [0.15, 0.2) is 0 Å². The zero-order valence-corrected chi connectivity index (χ0v) is 19.5. The number of benzene rings is 2. The third kappa shape index (κ3) is 5.64. The molecule has 0 spiro atoms. The van der Waals surface area contributed by atoms with Crippen molar-refractivity contribution in [2.24, 2.45) is 0 Å². The number of aromatic carboxylic acids is 1. The lowest BCUT2D eigenvalue weighted by molar-refractivity contribution is -0.137. The van der Waals surface area contributed by atoms with Crippen LogP contribution in [-0.2, 0) is 12.6 Å². The molecule has 1 aromatic heterocycles. The molecule has 3 N–H and O–H groups in total. The van der Waals surface area contributed by atoms with Crippen LogP contribution in [0.5, 0.6) is 0 Å². The molecule has 0 saturated carbocycles. The number of nitrogens with one attached hydrogen (secondary N) is 2. The minimum atomic E-state index is -4.53. The van der Waals surface area contributed by atoms with Gasteiger partial charge >= 0.3 is 12.1 Å². The van der Waals surface area contributed by atoms with Crippen molar-refractivity contribution in [2.45, 2.75) is 38.9 Å². The first kappa shape index (κ1) is 26.6. The molecule has 0 saturated heterocycles. The van der Waals surface area contributed by atoms with Crippen molar-refractivity contribution in [1.82, 2.24) is 15.2 Å². The van der Waals surface area contributed by atoms with Crippen molar-refractivity contribution in [3.8, 4) is 0 Å². The van der Waals surface area contributed by atoms with Crippen LogP contribution >= 0.6 is 0 Å². The molecule has 0 aliphatic heterocycles. The molecule has 12 heteroatoms. The Morgan fingerprint density at radius 1 is 1.11 bits per heavy atom. The number of hydrogen-bond acceptors (Lipinski definition) is 4. The maximum atomic E-state index is 13.9. The number of hydrogen-bond donors (Lipinski definition) is 3. The Morgan fingerprint density at radius 2 is 1.75 bits per heavy atom. The van der Waals surface area contributed by atoms with Crippen LogP contribution < -0.4 is 10.7 Å². The van der Waals surface area contributed by atoms with Crippen LogP contribution in [0.25, 0.3) is 0 Å². The van der Waals surface area contributed by atoms with Crippen LogP contribution in [0.1, 0.15) is 73.7 Å². The van der Waals surface area contributed by atoms with E-state index in [4.69, 9.17) is 0 Å². The van der Waals surface area contributed by atoms with Gasteiger partial charge in [0.25, 0.3) is 12.3 Å². The summed E-state index contributed by atoms with van der Waals surface area (Å²) in [7, 11) is 1.33. The molecule has 36 heavy (non-hydrogen) atoms. The van der Waals surface area contributed by atoms with Crippen LogP contribution in [0.15, 0.2) is 42.5 Å². The summed E-state index contributed by atoms with van der Waals surface area (Å²) >= 11 is 0. The Bertz CT molecular complexity index is 1270. The number of halogens is 5. The molecule has 3 rings (SSSR count). The molecule has 2 aromatic carbocycles. The number of rotatable bonds is 8. The van der Waals surface area contributed by atoms with Crippen LogP contribution in [-0.4, -0.2) is 33.9 Å². The topological polar surface area (TPSA) is 96.3 Å². The van der Waals surface area contributed by atoms with E-state index in [1.165, 1.54) is 31.3 Å². The first-order chi connectivity index (χ1) is 16.8. The molecule has 192 valence electrons. The molecule has 0 aliphatic rings. The summed E-state index contributed by atoms with van der Waals surface area (Å²) < 4.78 is 66.5. The van der Waals surface area contributed by atoms with Gasteiger partial charge in [-0.2, -0.15) is 23.1 Å². The van der Waals surface area contributed by atoms with Crippen LogP contribution in [0.2, 0.25) is 0 Å². The Hall–Kier alpha value is -3.96. The van der Waals surface area contributed by atoms with Crippen LogP contribution in [0, 0.1) is 6.92 Å². The van der Waals surface area contributed by atoms with Gasteiger partial charge in [0.1, 0.15) is 5.69 Å². The molecule has 0 radical (unpaired) electrons. The first-order valence-corrected chi connectivity index (χ1v) is 10.7. The second-order valence-electron chi connectivity index (χ2n) is 8.09. The van der Waals surface area contributed by atoms with Crippen LogP contribution in [0.3, 0.4) is 0 Å². The van der Waals surface area contributed by atoms with Crippen molar-refractivity contribution in [3.63, 3.8) is 0 Å². The molecule has 0 aliphatic carbocycles. The van der Waals surface area contributed by atoms with E-state index in [-0.39, 0.29) is 17.7 Å². The highest BCUT2D eigenvalue weighted by Crippen LogP contribution is 2.31. The number of aromatic nitrogens is 2. The van der Waals surface area contributed by atoms with Crippen molar-refractivity contribution in [1.29, 1.82) is 0 Å². The third-order valence-corrected chi connectivity index (χ3v) is 5.62. The summed E-state index contributed by atoms with van der Waals surface area (Å²) in [5.41, 5.74) is 1.89. The molecule has 7 nitrogen and oxygen atoms in total. The summed E-state index contributed by atoms with van der Waals surface area (Å²) in [5, 5.41) is 15.9. The Kier molecular flexibility index (Phi) is 7.65. The summed E-state index contributed by atoms with van der Waals surface area (Å²) in [6.45, 7) is 3.20. The number of nitrogens with zero attached hydrogens (tertiary/aromatic N) is 2. The molecule has 3 aromatic rings. The first-order valence-electron chi connectivity index (χ1n) is 10.7. The van der Waals surface area contributed by atoms with Gasteiger partial charge in [0.2, 0.25) is 0 Å². The number of carbonyl (C=O) groups excluding carboxylic acids is 1. The number of carboxylic acid groups (broad SMARTS) is 1. The molecule has 1 amide bonds. The molecule has 1 atom stereocenters. The van der Waals surface area contributed by atoms with Crippen molar-refractivity contribution in [3.05, 3.63) is 87.2 Å². The molecule has 0 fully saturated rings. The number of carboxylic acids is 1. The molecular formula is C24H23F5N4O3. The quantitative estimate of drug-likeness (QED) is 0.367. The minimum absolute atomic E-state index is 0.0542. The van der Waals surface area contributed by atoms with E-state index in [0.717, 1.165) is 16.9 Å². The molecule has 1 unspecified atom stereocenters. The highest BCUT2D eigenvalue weighted by Gasteiger charge is 2.32. The van der Waals surface area contributed by atoms with Gasteiger partial charge in [0.05, 0.1) is 28.4 Å². The van der Waals surface area contributed by atoms with Crippen LogP contribution in [0.4, 0.5) is 22.0 Å². The van der Waals surface area contributed by atoms with E-state index in [2.05, 4.69) is 15.8 Å². The zero-order chi connectivity index (χ0) is 26.8. The second-order valence-corrected chi connectivity index (χ2v) is 8.09. The summed E-state index contributed by atoms with van der Waals surface area (Å²) in [5.74, 6) is -1.97. The monoisotopic (exact) mass is 510 g/mol. The van der Waals surface area contributed by atoms with Gasteiger partial charge in [0, 0.05) is 13.5 Å². The highest BCUT2D eigenvalue weighted by molar-refractivity contribution is 5.97. The van der Waals surface area contributed by atoms with E-state index in [1.807, 2.05) is 0 Å². The smallest absolute Gasteiger partial charge is 0.416 e. The lowest BCUT2D eigenvalue weighted by Crippen LogP contribution is -2.29. The van der Waals surface area contributed by atoms with E-state index >= 15 is 0 Å². The summed E-state index contributed by atoms with van der Waals surface area (Å²) in [6.07, 6.45) is -7.78. The van der Waals surface area contributed by atoms with Gasteiger partial charge in [-0.1, -0.05) is 24.3 Å². The fraction of sp³-hybridized carbons (Fsp3) is 0.292. The molecule has 0 bridgehead atoms. The number of alkyl halides is 5. The van der Waals surface area contributed by atoms with E-state index in [9.17, 15) is 36.6 Å². The predicted octanol–water partition coefficient (Wildman–Crippen LogP) is 5.10. The van der Waals surface area contributed by atoms with Crippen molar-refractivity contribution >= 4 is 11.9 Å². The van der Waals surface area contributed by atoms with Gasteiger partial charge in [-0.25, -0.2) is 13.6 Å². The fourth-order valence-corrected chi connectivity index (χ4v) is 3.77. The van der Waals surface area contributed by atoms with E-state index < -0.39 is 47.3 Å². The van der Waals surface area contributed by atoms with Crippen molar-refractivity contribution in [2.75, 3.05) is 12.5 Å². The number of aryl methyl sites for hydroxylation is 1. The fourth-order valence-electron chi connectivity index (χ4n) is 3.77. The lowest BCUT2D eigenvalue weighted by Gasteiger charge is -2.17. The van der Waals surface area contributed by atoms with Gasteiger partial charge < -0.3 is 15.8 Å².